The van der Waals surface area contributed by atoms with E-state index >= 15 is 0 Å². The predicted octanol–water partition coefficient (Wildman–Crippen LogP) is 2.17. The lowest BCUT2D eigenvalue weighted by Gasteiger charge is -2.17. The fourth-order valence-electron chi connectivity index (χ4n) is 2.23. The first kappa shape index (κ1) is 16.0. The fourth-order valence-corrected chi connectivity index (χ4v) is 3.77. The van der Waals surface area contributed by atoms with Crippen LogP contribution in [0.4, 0.5) is 11.4 Å². The zero-order valence-corrected chi connectivity index (χ0v) is 12.9. The van der Waals surface area contributed by atoms with Crippen molar-refractivity contribution in [1.82, 2.24) is 0 Å². The second kappa shape index (κ2) is 5.78. The van der Waals surface area contributed by atoms with Crippen molar-refractivity contribution >= 4 is 48.6 Å². The number of amides is 1. The third-order valence-electron chi connectivity index (χ3n) is 3.07. The van der Waals surface area contributed by atoms with Crippen molar-refractivity contribution in [2.75, 3.05) is 17.2 Å². The second-order valence-electron chi connectivity index (χ2n) is 4.67. The fraction of sp³-hybridized carbons (Fsp3) is 0.364. The van der Waals surface area contributed by atoms with E-state index in [1.165, 1.54) is 23.1 Å². The van der Waals surface area contributed by atoms with Crippen molar-refractivity contribution in [3.05, 3.63) is 33.3 Å². The van der Waals surface area contributed by atoms with Gasteiger partial charge in [0.05, 0.1) is 21.4 Å². The van der Waals surface area contributed by atoms with Gasteiger partial charge in [0.25, 0.3) is 5.69 Å². The number of non-ortho nitro benzene ring substituents is 1. The maximum atomic E-state index is 12.0. The number of halogens is 2. The number of nitrogens with zero attached hydrogens (tertiary/aromatic N) is 2. The van der Waals surface area contributed by atoms with Crippen molar-refractivity contribution in [2.24, 2.45) is 5.92 Å². The molecule has 1 heterocycles. The zero-order chi connectivity index (χ0) is 15.8. The Morgan fingerprint density at radius 2 is 2.10 bits per heavy atom. The summed E-state index contributed by atoms with van der Waals surface area (Å²) >= 11 is 5.97. The molecule has 114 valence electrons. The highest BCUT2D eigenvalue weighted by Gasteiger charge is 2.34. The van der Waals surface area contributed by atoms with Gasteiger partial charge in [-0.1, -0.05) is 11.6 Å². The van der Waals surface area contributed by atoms with Gasteiger partial charge >= 0.3 is 0 Å². The normalized spacial score (nSPS) is 19.0. The molecule has 1 unspecified atom stereocenters. The minimum Gasteiger partial charge on any atom is -0.310 e. The molecule has 1 aliphatic rings. The molecular weight excluding hydrogens is 343 g/mol. The Balaban J connectivity index is 2.28. The lowest BCUT2D eigenvalue weighted by Crippen LogP contribution is -2.25. The van der Waals surface area contributed by atoms with Gasteiger partial charge in [0, 0.05) is 41.7 Å². The number of hydrogen-bond donors (Lipinski definition) is 0. The van der Waals surface area contributed by atoms with E-state index in [0.717, 1.165) is 0 Å². The SMILES string of the molecule is O=C1CC(CS(=O)(=O)Cl)CN1c1cc([N+](=O)[O-])ccc1Cl. The van der Waals surface area contributed by atoms with Crippen LogP contribution in [0, 0.1) is 16.0 Å². The third-order valence-corrected chi connectivity index (χ3v) is 4.64. The number of anilines is 1. The molecule has 0 radical (unpaired) electrons. The van der Waals surface area contributed by atoms with Crippen LogP contribution in [0.25, 0.3) is 0 Å². The standard InChI is InChI=1S/C11H10Cl2N2O5S/c12-9-2-1-8(15(17)18)4-10(9)14-5-7(3-11(14)16)6-21(13,19)20/h1-2,4,7H,3,5-6H2. The first-order valence-electron chi connectivity index (χ1n) is 5.84. The molecule has 1 aromatic carbocycles. The van der Waals surface area contributed by atoms with Crippen molar-refractivity contribution < 1.29 is 18.1 Å². The van der Waals surface area contributed by atoms with E-state index in [4.69, 9.17) is 22.3 Å². The summed E-state index contributed by atoms with van der Waals surface area (Å²) in [5.74, 6) is -1.14. The Kier molecular flexibility index (Phi) is 4.40. The highest BCUT2D eigenvalue weighted by atomic mass is 35.7. The predicted molar refractivity (Wildman–Crippen MR) is 78.2 cm³/mol. The number of nitro groups is 1. The van der Waals surface area contributed by atoms with Crippen LogP contribution in [0.3, 0.4) is 0 Å². The summed E-state index contributed by atoms with van der Waals surface area (Å²) in [6.07, 6.45) is 0.00493. The van der Waals surface area contributed by atoms with Crippen LogP contribution in [0.15, 0.2) is 18.2 Å². The van der Waals surface area contributed by atoms with Crippen LogP contribution < -0.4 is 4.90 Å². The summed E-state index contributed by atoms with van der Waals surface area (Å²) in [4.78, 5) is 23.4. The van der Waals surface area contributed by atoms with Gasteiger partial charge < -0.3 is 4.90 Å². The van der Waals surface area contributed by atoms with Gasteiger partial charge in [-0.15, -0.1) is 0 Å². The highest BCUT2D eigenvalue weighted by molar-refractivity contribution is 8.13. The first-order valence-corrected chi connectivity index (χ1v) is 8.69. The van der Waals surface area contributed by atoms with Crippen LogP contribution in [0.1, 0.15) is 6.42 Å². The Labute approximate surface area is 130 Å². The van der Waals surface area contributed by atoms with Gasteiger partial charge in [-0.05, 0) is 6.07 Å². The quantitative estimate of drug-likeness (QED) is 0.469. The zero-order valence-electron chi connectivity index (χ0n) is 10.5. The minimum absolute atomic E-state index is 0.00493. The molecule has 1 amide bonds. The maximum absolute atomic E-state index is 12.0. The molecule has 0 saturated carbocycles. The topological polar surface area (TPSA) is 97.6 Å². The number of carbonyl (C=O) groups is 1. The maximum Gasteiger partial charge on any atom is 0.271 e. The summed E-state index contributed by atoms with van der Waals surface area (Å²) in [6, 6.07) is 3.75. The second-order valence-corrected chi connectivity index (χ2v) is 7.90. The molecule has 0 N–H and O–H groups in total. The van der Waals surface area contributed by atoms with Gasteiger partial charge in [-0.25, -0.2) is 8.42 Å². The lowest BCUT2D eigenvalue weighted by atomic mass is 10.1. The molecule has 21 heavy (non-hydrogen) atoms. The van der Waals surface area contributed by atoms with Crippen molar-refractivity contribution in [3.63, 3.8) is 0 Å². The number of carbonyl (C=O) groups excluding carboxylic acids is 1. The summed E-state index contributed by atoms with van der Waals surface area (Å²) in [5.41, 5.74) is 0.000881. The Hall–Kier alpha value is -1.38. The lowest BCUT2D eigenvalue weighted by molar-refractivity contribution is -0.384. The molecule has 0 bridgehead atoms. The van der Waals surface area contributed by atoms with Crippen molar-refractivity contribution in [3.8, 4) is 0 Å². The average Bonchev–Trinajstić information content (AvgIpc) is 2.67. The van der Waals surface area contributed by atoms with Crippen LogP contribution in [-0.2, 0) is 13.8 Å². The number of nitro benzene ring substituents is 1. The number of benzene rings is 1. The van der Waals surface area contributed by atoms with Crippen LogP contribution >= 0.6 is 22.3 Å². The highest BCUT2D eigenvalue weighted by Crippen LogP contribution is 2.34. The van der Waals surface area contributed by atoms with Gasteiger partial charge in [0.15, 0.2) is 0 Å². The monoisotopic (exact) mass is 352 g/mol. The minimum atomic E-state index is -3.72. The van der Waals surface area contributed by atoms with Gasteiger partial charge in [-0.2, -0.15) is 0 Å². The van der Waals surface area contributed by atoms with Gasteiger partial charge in [0.1, 0.15) is 0 Å². The summed E-state index contributed by atoms with van der Waals surface area (Å²) in [7, 11) is 1.46. The summed E-state index contributed by atoms with van der Waals surface area (Å²) in [5, 5.41) is 11.0. The molecular formula is C11H10Cl2N2O5S. The molecule has 1 saturated heterocycles. The Morgan fingerprint density at radius 3 is 2.67 bits per heavy atom. The Bertz CT molecular complexity index is 707. The van der Waals surface area contributed by atoms with Crippen molar-refractivity contribution in [2.45, 2.75) is 6.42 Å². The molecule has 1 atom stereocenters. The number of rotatable bonds is 4. The summed E-state index contributed by atoms with van der Waals surface area (Å²) in [6.45, 7) is 0.103. The molecule has 10 heteroatoms. The molecule has 0 spiro atoms. The number of hydrogen-bond acceptors (Lipinski definition) is 5. The van der Waals surface area contributed by atoms with Crippen LogP contribution in [-0.4, -0.2) is 31.5 Å². The Morgan fingerprint density at radius 1 is 1.43 bits per heavy atom. The van der Waals surface area contributed by atoms with E-state index in [9.17, 15) is 23.3 Å². The molecule has 1 fully saturated rings. The molecule has 1 aromatic rings. The van der Waals surface area contributed by atoms with Crippen molar-refractivity contribution in [1.29, 1.82) is 0 Å². The van der Waals surface area contributed by atoms with Gasteiger partial charge in [-0.3, -0.25) is 14.9 Å². The molecule has 7 nitrogen and oxygen atoms in total. The van der Waals surface area contributed by atoms with E-state index in [2.05, 4.69) is 0 Å². The third kappa shape index (κ3) is 3.84. The molecule has 2 rings (SSSR count). The van der Waals surface area contributed by atoms with Crippen LogP contribution in [0.2, 0.25) is 5.02 Å². The molecule has 0 aliphatic carbocycles. The van der Waals surface area contributed by atoms with Crippen LogP contribution in [0.5, 0.6) is 0 Å². The van der Waals surface area contributed by atoms with E-state index < -0.39 is 19.9 Å². The first-order chi connectivity index (χ1) is 9.67. The largest absolute Gasteiger partial charge is 0.310 e. The van der Waals surface area contributed by atoms with E-state index in [1.807, 2.05) is 0 Å². The van der Waals surface area contributed by atoms with E-state index in [1.54, 1.807) is 0 Å². The smallest absolute Gasteiger partial charge is 0.271 e. The molecule has 0 aromatic heterocycles. The average molecular weight is 353 g/mol. The summed E-state index contributed by atoms with van der Waals surface area (Å²) < 4.78 is 22.1. The van der Waals surface area contributed by atoms with Gasteiger partial charge in [0.2, 0.25) is 15.0 Å². The van der Waals surface area contributed by atoms with E-state index in [0.29, 0.717) is 0 Å². The molecule has 1 aliphatic heterocycles. The van der Waals surface area contributed by atoms with E-state index in [-0.39, 0.29) is 41.0 Å².